The molecule has 1 saturated heterocycles. The van der Waals surface area contributed by atoms with Gasteiger partial charge < -0.3 is 54.3 Å². The summed E-state index contributed by atoms with van der Waals surface area (Å²) in [6.45, 7) is -0.735. The van der Waals surface area contributed by atoms with Gasteiger partial charge in [0.15, 0.2) is 23.0 Å². The highest BCUT2D eigenvalue weighted by Crippen LogP contribution is 2.51. The molecule has 0 saturated carbocycles. The first kappa shape index (κ1) is 27.4. The van der Waals surface area contributed by atoms with Crippen LogP contribution in [0.25, 0.3) is 0 Å². The van der Waals surface area contributed by atoms with Crippen LogP contribution in [0.5, 0.6) is 23.0 Å². The van der Waals surface area contributed by atoms with E-state index in [2.05, 4.69) is 0 Å². The lowest BCUT2D eigenvalue weighted by Gasteiger charge is -2.39. The fourth-order valence-corrected chi connectivity index (χ4v) is 4.78. The molecule has 0 aromatic heterocycles. The molecule has 7 atom stereocenters. The van der Waals surface area contributed by atoms with Crippen molar-refractivity contribution in [2.24, 2.45) is 0 Å². The van der Waals surface area contributed by atoms with Crippen molar-refractivity contribution in [3.63, 3.8) is 0 Å². The van der Waals surface area contributed by atoms with Crippen molar-refractivity contribution in [3.05, 3.63) is 47.0 Å². The van der Waals surface area contributed by atoms with E-state index >= 15 is 0 Å². The molecule has 1 fully saturated rings. The van der Waals surface area contributed by atoms with Crippen molar-refractivity contribution in [3.8, 4) is 23.0 Å². The van der Waals surface area contributed by atoms with Gasteiger partial charge in [0.2, 0.25) is 6.29 Å². The standard InChI is InChI=1S/C26H34O11/c1-33-17-6-5-14(10-18(17)35-26-23(32)22(31)21(30)20(12-29)36-26)24-16(11-28)15-8-13(4-3-7-27)9-19(34-2)25(15)37-24/h5-6,8-10,16,20-24,26-32H,3-4,7,11-12H2,1-2H3/t16-,20+,21-,22-,23+,24-,26+/m1/s1. The third-order valence-corrected chi connectivity index (χ3v) is 6.80. The van der Waals surface area contributed by atoms with E-state index in [4.69, 9.17) is 23.7 Å². The van der Waals surface area contributed by atoms with Crippen molar-refractivity contribution >= 4 is 0 Å². The Kier molecular flexibility index (Phi) is 8.75. The SMILES string of the molecule is COc1ccc([C@H]2Oc3c(OC)cc(CCCO)cc3[C@H]2CO)cc1O[C@H]1O[C@@H](CO)[C@@H](O)[C@@H](O)[C@@H]1O. The minimum absolute atomic E-state index is 0.0605. The highest BCUT2D eigenvalue weighted by atomic mass is 16.7. The van der Waals surface area contributed by atoms with Crippen molar-refractivity contribution in [1.29, 1.82) is 0 Å². The molecule has 0 radical (unpaired) electrons. The summed E-state index contributed by atoms with van der Waals surface area (Å²) in [4.78, 5) is 0. The minimum Gasteiger partial charge on any atom is -0.493 e. The van der Waals surface area contributed by atoms with Crippen molar-refractivity contribution in [2.45, 2.75) is 55.6 Å². The number of hydrogen-bond acceptors (Lipinski definition) is 11. The van der Waals surface area contributed by atoms with Gasteiger partial charge in [0.1, 0.15) is 30.5 Å². The number of fused-ring (bicyclic) bond motifs is 1. The van der Waals surface area contributed by atoms with E-state index in [0.717, 1.165) is 11.1 Å². The van der Waals surface area contributed by atoms with Crippen LogP contribution in [0.4, 0.5) is 0 Å². The van der Waals surface area contributed by atoms with E-state index in [0.29, 0.717) is 35.7 Å². The molecule has 11 heteroatoms. The zero-order valence-electron chi connectivity index (χ0n) is 20.7. The van der Waals surface area contributed by atoms with E-state index < -0.39 is 49.3 Å². The van der Waals surface area contributed by atoms with Crippen LogP contribution in [-0.2, 0) is 11.2 Å². The summed E-state index contributed by atoms with van der Waals surface area (Å²) in [7, 11) is 2.97. The second-order valence-electron chi connectivity index (χ2n) is 9.10. The molecule has 2 heterocycles. The summed E-state index contributed by atoms with van der Waals surface area (Å²) in [6, 6.07) is 8.83. The Labute approximate surface area is 214 Å². The minimum atomic E-state index is -1.59. The number of aliphatic hydroxyl groups excluding tert-OH is 6. The quantitative estimate of drug-likeness (QED) is 0.249. The number of ether oxygens (including phenoxy) is 5. The smallest absolute Gasteiger partial charge is 0.229 e. The molecule has 11 nitrogen and oxygen atoms in total. The van der Waals surface area contributed by atoms with Crippen LogP contribution in [-0.4, -0.2) is 95.4 Å². The van der Waals surface area contributed by atoms with Gasteiger partial charge in [-0.15, -0.1) is 0 Å². The van der Waals surface area contributed by atoms with Gasteiger partial charge in [0, 0.05) is 12.2 Å². The Morgan fingerprint density at radius 3 is 2.24 bits per heavy atom. The first-order valence-corrected chi connectivity index (χ1v) is 12.1. The number of aryl methyl sites for hydroxylation is 1. The summed E-state index contributed by atoms with van der Waals surface area (Å²) in [6.07, 6.45) is -6.60. The van der Waals surface area contributed by atoms with Crippen molar-refractivity contribution < 1.29 is 54.3 Å². The maximum atomic E-state index is 10.4. The predicted octanol–water partition coefficient (Wildman–Crippen LogP) is 0.0170. The van der Waals surface area contributed by atoms with Gasteiger partial charge in [-0.05, 0) is 42.2 Å². The lowest BCUT2D eigenvalue weighted by atomic mass is 9.90. The van der Waals surface area contributed by atoms with Crippen LogP contribution in [0.3, 0.4) is 0 Å². The van der Waals surface area contributed by atoms with Crippen LogP contribution in [0.15, 0.2) is 30.3 Å². The van der Waals surface area contributed by atoms with Gasteiger partial charge in [0.05, 0.1) is 33.4 Å². The highest BCUT2D eigenvalue weighted by Gasteiger charge is 2.45. The molecule has 0 unspecified atom stereocenters. The summed E-state index contributed by atoms with van der Waals surface area (Å²) < 4.78 is 28.5. The van der Waals surface area contributed by atoms with Gasteiger partial charge >= 0.3 is 0 Å². The molecule has 0 bridgehead atoms. The molecule has 2 aromatic carbocycles. The highest BCUT2D eigenvalue weighted by molar-refractivity contribution is 5.56. The van der Waals surface area contributed by atoms with Gasteiger partial charge in [-0.2, -0.15) is 0 Å². The summed E-state index contributed by atoms with van der Waals surface area (Å²) >= 11 is 0. The molecular weight excluding hydrogens is 488 g/mol. The Balaban J connectivity index is 1.64. The molecule has 2 aliphatic rings. The molecule has 0 amide bonds. The number of methoxy groups -OCH3 is 2. The van der Waals surface area contributed by atoms with Gasteiger partial charge in [0.25, 0.3) is 0 Å². The Bertz CT molecular complexity index is 1060. The van der Waals surface area contributed by atoms with Crippen LogP contribution < -0.4 is 18.9 Å². The van der Waals surface area contributed by atoms with Crippen LogP contribution in [0, 0.1) is 0 Å². The maximum Gasteiger partial charge on any atom is 0.229 e. The van der Waals surface area contributed by atoms with E-state index in [9.17, 15) is 30.6 Å². The average molecular weight is 523 g/mol. The fourth-order valence-electron chi connectivity index (χ4n) is 4.78. The molecular formula is C26H34O11. The Hall–Kier alpha value is -2.64. The van der Waals surface area contributed by atoms with Gasteiger partial charge in [-0.25, -0.2) is 0 Å². The molecule has 0 spiro atoms. The van der Waals surface area contributed by atoms with E-state index in [1.165, 1.54) is 14.2 Å². The summed E-state index contributed by atoms with van der Waals surface area (Å²) in [5.41, 5.74) is 2.37. The Morgan fingerprint density at radius 2 is 1.59 bits per heavy atom. The monoisotopic (exact) mass is 522 g/mol. The van der Waals surface area contributed by atoms with E-state index in [1.807, 2.05) is 12.1 Å². The van der Waals surface area contributed by atoms with Crippen molar-refractivity contribution in [1.82, 2.24) is 0 Å². The zero-order valence-corrected chi connectivity index (χ0v) is 20.7. The van der Waals surface area contributed by atoms with Gasteiger partial charge in [-0.3, -0.25) is 0 Å². The number of benzene rings is 2. The molecule has 2 aliphatic heterocycles. The largest absolute Gasteiger partial charge is 0.493 e. The molecule has 37 heavy (non-hydrogen) atoms. The van der Waals surface area contributed by atoms with Crippen LogP contribution in [0.2, 0.25) is 0 Å². The van der Waals surface area contributed by atoms with E-state index in [1.54, 1.807) is 18.2 Å². The number of rotatable bonds is 10. The predicted molar refractivity (Wildman–Crippen MR) is 129 cm³/mol. The average Bonchev–Trinajstić information content (AvgIpc) is 3.30. The molecule has 2 aromatic rings. The third-order valence-electron chi connectivity index (χ3n) is 6.80. The van der Waals surface area contributed by atoms with Crippen LogP contribution >= 0.6 is 0 Å². The fraction of sp³-hybridized carbons (Fsp3) is 0.538. The molecule has 4 rings (SSSR count). The molecule has 204 valence electrons. The first-order chi connectivity index (χ1) is 17.9. The van der Waals surface area contributed by atoms with Crippen LogP contribution in [0.1, 0.15) is 35.1 Å². The molecule has 6 N–H and O–H groups in total. The Morgan fingerprint density at radius 1 is 0.838 bits per heavy atom. The second kappa shape index (κ2) is 11.8. The summed E-state index contributed by atoms with van der Waals surface area (Å²) in [5.74, 6) is 1.09. The topological polar surface area (TPSA) is 168 Å². The maximum absolute atomic E-state index is 10.4. The van der Waals surface area contributed by atoms with E-state index in [-0.39, 0.29) is 19.0 Å². The third kappa shape index (κ3) is 5.34. The molecule has 0 aliphatic carbocycles. The second-order valence-corrected chi connectivity index (χ2v) is 9.10. The lowest BCUT2D eigenvalue weighted by Crippen LogP contribution is -2.60. The summed E-state index contributed by atoms with van der Waals surface area (Å²) in [5, 5.41) is 59.6. The number of hydrogen-bond donors (Lipinski definition) is 6. The lowest BCUT2D eigenvalue weighted by molar-refractivity contribution is -0.277. The van der Waals surface area contributed by atoms with Gasteiger partial charge in [-0.1, -0.05) is 12.1 Å². The first-order valence-electron chi connectivity index (χ1n) is 12.1. The normalized spacial score (nSPS) is 28.9. The number of aliphatic hydroxyl groups is 6. The zero-order chi connectivity index (χ0) is 26.7. The van der Waals surface area contributed by atoms with Crippen molar-refractivity contribution in [2.75, 3.05) is 34.0 Å².